The maximum Gasteiger partial charge on any atom is 0.151 e. The van der Waals surface area contributed by atoms with Crippen molar-refractivity contribution in [2.75, 3.05) is 25.5 Å². The summed E-state index contributed by atoms with van der Waals surface area (Å²) >= 11 is 5.56. The molecule has 0 bridgehead atoms. The second kappa shape index (κ2) is 4.90. The van der Waals surface area contributed by atoms with E-state index in [1.54, 1.807) is 12.1 Å². The lowest BCUT2D eigenvalue weighted by molar-refractivity contribution is 0.818. The third-order valence-corrected chi connectivity index (χ3v) is 1.51. The van der Waals surface area contributed by atoms with Gasteiger partial charge in [0.2, 0.25) is 0 Å². The number of hydrogen-bond acceptors (Lipinski definition) is 4. The summed E-state index contributed by atoms with van der Waals surface area (Å²) in [6, 6.07) is 3.50. The third kappa shape index (κ3) is 3.02. The van der Waals surface area contributed by atoms with Crippen LogP contribution in [-0.4, -0.2) is 30.3 Å². The monoisotopic (exact) mass is 186 g/mol. The number of nitrogens with zero attached hydrogens (tertiary/aromatic N) is 2. The molecule has 12 heavy (non-hydrogen) atoms. The van der Waals surface area contributed by atoms with Crippen LogP contribution < -0.4 is 10.6 Å². The highest BCUT2D eigenvalue weighted by atomic mass is 35.5. The van der Waals surface area contributed by atoms with Crippen molar-refractivity contribution in [3.05, 3.63) is 17.3 Å². The first kappa shape index (κ1) is 9.22. The van der Waals surface area contributed by atoms with E-state index in [-0.39, 0.29) is 0 Å². The van der Waals surface area contributed by atoms with Crippen molar-refractivity contribution in [2.24, 2.45) is 0 Å². The van der Waals surface area contributed by atoms with E-state index in [4.69, 9.17) is 11.6 Å². The Bertz CT molecular complexity index is 223. The number of halogens is 1. The molecule has 0 atom stereocenters. The van der Waals surface area contributed by atoms with Crippen LogP contribution in [0.1, 0.15) is 0 Å². The molecule has 0 spiro atoms. The molecule has 0 aliphatic carbocycles. The van der Waals surface area contributed by atoms with Gasteiger partial charge in [0.15, 0.2) is 5.15 Å². The average Bonchev–Trinajstić information content (AvgIpc) is 2.09. The first-order valence-electron chi connectivity index (χ1n) is 3.70. The van der Waals surface area contributed by atoms with Crippen molar-refractivity contribution < 1.29 is 0 Å². The fourth-order valence-electron chi connectivity index (χ4n) is 0.726. The Balaban J connectivity index is 2.37. The summed E-state index contributed by atoms with van der Waals surface area (Å²) in [6.07, 6.45) is 0. The molecule has 0 aliphatic heterocycles. The molecule has 1 aromatic heterocycles. The Hall–Kier alpha value is -0.870. The fraction of sp³-hybridized carbons (Fsp3) is 0.429. The molecule has 0 aliphatic rings. The maximum atomic E-state index is 5.56. The number of hydrogen-bond donors (Lipinski definition) is 2. The normalized spacial score (nSPS) is 9.83. The van der Waals surface area contributed by atoms with Gasteiger partial charge in [-0.15, -0.1) is 10.2 Å². The van der Waals surface area contributed by atoms with Gasteiger partial charge in [0.1, 0.15) is 5.82 Å². The van der Waals surface area contributed by atoms with Crippen LogP contribution in [-0.2, 0) is 0 Å². The van der Waals surface area contributed by atoms with E-state index in [0.717, 1.165) is 18.9 Å². The van der Waals surface area contributed by atoms with E-state index in [1.807, 2.05) is 7.05 Å². The minimum absolute atomic E-state index is 0.411. The molecule has 1 rings (SSSR count). The summed E-state index contributed by atoms with van der Waals surface area (Å²) in [5.41, 5.74) is 0. The molecule has 0 saturated carbocycles. The van der Waals surface area contributed by atoms with Gasteiger partial charge in [-0.1, -0.05) is 11.6 Å². The molecule has 0 unspecified atom stereocenters. The second-order valence-corrected chi connectivity index (χ2v) is 2.66. The lowest BCUT2D eigenvalue weighted by Gasteiger charge is -2.02. The van der Waals surface area contributed by atoms with Crippen LogP contribution in [0.15, 0.2) is 12.1 Å². The van der Waals surface area contributed by atoms with Gasteiger partial charge < -0.3 is 10.6 Å². The summed E-state index contributed by atoms with van der Waals surface area (Å²) in [7, 11) is 1.90. The summed E-state index contributed by atoms with van der Waals surface area (Å²) in [5, 5.41) is 14.0. The van der Waals surface area contributed by atoms with Crippen LogP contribution in [0.25, 0.3) is 0 Å². The Morgan fingerprint density at radius 2 is 2.17 bits per heavy atom. The number of aromatic nitrogens is 2. The van der Waals surface area contributed by atoms with Gasteiger partial charge >= 0.3 is 0 Å². The van der Waals surface area contributed by atoms with Gasteiger partial charge in [0.25, 0.3) is 0 Å². The van der Waals surface area contributed by atoms with Crippen molar-refractivity contribution in [1.29, 1.82) is 0 Å². The van der Waals surface area contributed by atoms with Crippen molar-refractivity contribution in [2.45, 2.75) is 0 Å². The zero-order chi connectivity index (χ0) is 8.81. The minimum atomic E-state index is 0.411. The van der Waals surface area contributed by atoms with Crippen LogP contribution in [0.2, 0.25) is 5.15 Å². The summed E-state index contributed by atoms with van der Waals surface area (Å²) in [6.45, 7) is 1.72. The second-order valence-electron chi connectivity index (χ2n) is 2.27. The van der Waals surface area contributed by atoms with Crippen LogP contribution in [0.4, 0.5) is 5.82 Å². The summed E-state index contributed by atoms with van der Waals surface area (Å²) < 4.78 is 0. The number of anilines is 1. The molecule has 66 valence electrons. The summed E-state index contributed by atoms with van der Waals surface area (Å²) in [5.74, 6) is 0.745. The Morgan fingerprint density at radius 3 is 2.75 bits per heavy atom. The molecular formula is C7H11ClN4. The van der Waals surface area contributed by atoms with E-state index >= 15 is 0 Å². The third-order valence-electron chi connectivity index (χ3n) is 1.31. The molecule has 0 radical (unpaired) electrons. The Labute approximate surface area is 76.3 Å². The molecule has 0 aromatic carbocycles. The minimum Gasteiger partial charge on any atom is -0.367 e. The van der Waals surface area contributed by atoms with E-state index in [1.165, 1.54) is 0 Å². The van der Waals surface area contributed by atoms with Crippen molar-refractivity contribution >= 4 is 17.4 Å². The van der Waals surface area contributed by atoms with E-state index in [2.05, 4.69) is 20.8 Å². The van der Waals surface area contributed by atoms with Gasteiger partial charge in [0, 0.05) is 13.1 Å². The lowest BCUT2D eigenvalue weighted by atomic mass is 10.5. The lowest BCUT2D eigenvalue weighted by Crippen LogP contribution is -2.18. The highest BCUT2D eigenvalue weighted by molar-refractivity contribution is 6.29. The Kier molecular flexibility index (Phi) is 3.76. The fourth-order valence-corrected chi connectivity index (χ4v) is 0.827. The number of rotatable bonds is 4. The van der Waals surface area contributed by atoms with Gasteiger partial charge in [0.05, 0.1) is 0 Å². The molecule has 0 amide bonds. The molecule has 4 nitrogen and oxygen atoms in total. The van der Waals surface area contributed by atoms with E-state index < -0.39 is 0 Å². The van der Waals surface area contributed by atoms with Crippen LogP contribution in [0, 0.1) is 0 Å². The maximum absolute atomic E-state index is 5.56. The molecule has 1 aromatic rings. The zero-order valence-electron chi connectivity index (χ0n) is 6.84. The predicted molar refractivity (Wildman–Crippen MR) is 49.5 cm³/mol. The van der Waals surface area contributed by atoms with Gasteiger partial charge in [-0.05, 0) is 19.2 Å². The highest BCUT2D eigenvalue weighted by Crippen LogP contribution is 2.04. The first-order valence-corrected chi connectivity index (χ1v) is 4.08. The number of likely N-dealkylation sites (N-methyl/N-ethyl adjacent to an activating group) is 1. The predicted octanol–water partition coefficient (Wildman–Crippen LogP) is 0.761. The smallest absolute Gasteiger partial charge is 0.151 e. The first-order chi connectivity index (χ1) is 5.83. The van der Waals surface area contributed by atoms with Gasteiger partial charge in [-0.25, -0.2) is 0 Å². The highest BCUT2D eigenvalue weighted by Gasteiger charge is 1.92. The number of nitrogens with one attached hydrogen (secondary N) is 2. The van der Waals surface area contributed by atoms with Crippen LogP contribution >= 0.6 is 11.6 Å². The molecule has 2 N–H and O–H groups in total. The molecule has 0 fully saturated rings. The standard InChI is InChI=1S/C7H11ClN4/c1-9-4-5-10-7-3-2-6(8)11-12-7/h2-3,9H,4-5H2,1H3,(H,10,12). The Morgan fingerprint density at radius 1 is 1.33 bits per heavy atom. The van der Waals surface area contributed by atoms with Crippen molar-refractivity contribution in [3.63, 3.8) is 0 Å². The largest absolute Gasteiger partial charge is 0.367 e. The quantitative estimate of drug-likeness (QED) is 0.682. The molecular weight excluding hydrogens is 176 g/mol. The molecule has 1 heterocycles. The zero-order valence-corrected chi connectivity index (χ0v) is 7.60. The van der Waals surface area contributed by atoms with Crippen LogP contribution in [0.5, 0.6) is 0 Å². The van der Waals surface area contributed by atoms with Crippen molar-refractivity contribution in [3.8, 4) is 0 Å². The van der Waals surface area contributed by atoms with Gasteiger partial charge in [-0.2, -0.15) is 0 Å². The topological polar surface area (TPSA) is 49.8 Å². The molecule has 0 saturated heterocycles. The summed E-state index contributed by atoms with van der Waals surface area (Å²) in [4.78, 5) is 0. The average molecular weight is 187 g/mol. The van der Waals surface area contributed by atoms with Crippen LogP contribution in [0.3, 0.4) is 0 Å². The SMILES string of the molecule is CNCCNc1ccc(Cl)nn1. The van der Waals surface area contributed by atoms with E-state index in [9.17, 15) is 0 Å². The van der Waals surface area contributed by atoms with Crippen molar-refractivity contribution in [1.82, 2.24) is 15.5 Å². The molecule has 5 heteroatoms. The van der Waals surface area contributed by atoms with Gasteiger partial charge in [-0.3, -0.25) is 0 Å². The van der Waals surface area contributed by atoms with E-state index in [0.29, 0.717) is 5.15 Å².